The average molecular weight is 402 g/mol. The number of fused-ring (bicyclic) bond motifs is 1. The molecule has 0 bridgehead atoms. The van der Waals surface area contributed by atoms with E-state index in [0.29, 0.717) is 17.9 Å². The molecular formula is C23H22N4O3. The number of nitrogens with zero attached hydrogens (tertiary/aromatic N) is 3. The van der Waals surface area contributed by atoms with E-state index in [2.05, 4.69) is 10.3 Å². The zero-order chi connectivity index (χ0) is 21.8. The molecule has 152 valence electrons. The van der Waals surface area contributed by atoms with Crippen molar-refractivity contribution in [1.29, 1.82) is 5.26 Å². The number of ether oxygens (including phenoxy) is 1. The third kappa shape index (κ3) is 4.23. The Morgan fingerprint density at radius 3 is 2.60 bits per heavy atom. The lowest BCUT2D eigenvalue weighted by atomic mass is 10.1. The number of benzene rings is 1. The van der Waals surface area contributed by atoms with Crippen LogP contribution in [-0.2, 0) is 4.79 Å². The van der Waals surface area contributed by atoms with Crippen molar-refractivity contribution in [1.82, 2.24) is 14.7 Å². The molecule has 7 heteroatoms. The monoisotopic (exact) mass is 402 g/mol. The molecule has 2 aromatic heterocycles. The number of nitrogens with one attached hydrogen (secondary N) is 1. The van der Waals surface area contributed by atoms with Crippen LogP contribution in [0.3, 0.4) is 0 Å². The highest BCUT2D eigenvalue weighted by molar-refractivity contribution is 6.01. The Morgan fingerprint density at radius 2 is 1.97 bits per heavy atom. The summed E-state index contributed by atoms with van der Waals surface area (Å²) in [7, 11) is 0. The lowest BCUT2D eigenvalue weighted by molar-refractivity contribution is -0.116. The van der Waals surface area contributed by atoms with Crippen LogP contribution in [-0.4, -0.2) is 21.8 Å². The summed E-state index contributed by atoms with van der Waals surface area (Å²) in [5, 5.41) is 12.0. The van der Waals surface area contributed by atoms with E-state index in [1.165, 1.54) is 10.5 Å². The highest BCUT2D eigenvalue weighted by Gasteiger charge is 2.18. The molecule has 0 saturated carbocycles. The lowest BCUT2D eigenvalue weighted by Crippen LogP contribution is -2.25. The highest BCUT2D eigenvalue weighted by Crippen LogP contribution is 2.26. The van der Waals surface area contributed by atoms with E-state index >= 15 is 0 Å². The maximum absolute atomic E-state index is 13.2. The first-order chi connectivity index (χ1) is 14.3. The molecule has 0 saturated heterocycles. The van der Waals surface area contributed by atoms with Crippen molar-refractivity contribution in [3.05, 3.63) is 74.7 Å². The van der Waals surface area contributed by atoms with Crippen molar-refractivity contribution in [3.63, 3.8) is 0 Å². The first-order valence-corrected chi connectivity index (χ1v) is 9.52. The first kappa shape index (κ1) is 20.8. The van der Waals surface area contributed by atoms with E-state index < -0.39 is 11.5 Å². The minimum atomic E-state index is -0.564. The second-order valence-electron chi connectivity index (χ2n) is 6.98. The van der Waals surface area contributed by atoms with Crippen molar-refractivity contribution in [2.45, 2.75) is 27.7 Å². The number of amides is 1. The van der Waals surface area contributed by atoms with Gasteiger partial charge in [-0.1, -0.05) is 12.1 Å². The Morgan fingerprint density at radius 1 is 1.27 bits per heavy atom. The van der Waals surface area contributed by atoms with Crippen LogP contribution in [0.1, 0.15) is 29.2 Å². The normalized spacial score (nSPS) is 11.2. The molecule has 0 atom stereocenters. The van der Waals surface area contributed by atoms with E-state index in [-0.39, 0.29) is 17.0 Å². The summed E-state index contributed by atoms with van der Waals surface area (Å²) in [6.07, 6.45) is 2.82. The average Bonchev–Trinajstić information content (AvgIpc) is 2.68. The number of aryl methyl sites for hydroxylation is 3. The quantitative estimate of drug-likeness (QED) is 0.521. The largest absolute Gasteiger partial charge is 0.438 e. The van der Waals surface area contributed by atoms with Gasteiger partial charge in [0.2, 0.25) is 5.88 Å². The van der Waals surface area contributed by atoms with Crippen molar-refractivity contribution >= 4 is 17.6 Å². The molecule has 0 aliphatic rings. The highest BCUT2D eigenvalue weighted by atomic mass is 16.5. The first-order valence-electron chi connectivity index (χ1n) is 9.52. The van der Waals surface area contributed by atoms with E-state index in [4.69, 9.17) is 4.74 Å². The molecule has 1 aromatic carbocycles. The van der Waals surface area contributed by atoms with Crippen LogP contribution in [0.5, 0.6) is 11.6 Å². The van der Waals surface area contributed by atoms with E-state index in [9.17, 15) is 14.9 Å². The molecule has 0 aliphatic carbocycles. The van der Waals surface area contributed by atoms with E-state index in [1.54, 1.807) is 19.2 Å². The predicted molar refractivity (Wildman–Crippen MR) is 114 cm³/mol. The fourth-order valence-corrected chi connectivity index (χ4v) is 3.15. The van der Waals surface area contributed by atoms with Crippen LogP contribution in [0.25, 0.3) is 11.7 Å². The summed E-state index contributed by atoms with van der Waals surface area (Å²) >= 11 is 0. The molecule has 0 radical (unpaired) electrons. The van der Waals surface area contributed by atoms with Crippen LogP contribution < -0.4 is 15.6 Å². The van der Waals surface area contributed by atoms with Crippen molar-refractivity contribution in [3.8, 4) is 17.7 Å². The molecule has 30 heavy (non-hydrogen) atoms. The topological polar surface area (TPSA) is 96.5 Å². The maximum Gasteiger partial charge on any atom is 0.269 e. The minimum Gasteiger partial charge on any atom is -0.438 e. The van der Waals surface area contributed by atoms with Gasteiger partial charge in [-0.15, -0.1) is 0 Å². The number of hydrogen-bond acceptors (Lipinski definition) is 5. The Hall–Kier alpha value is -3.92. The summed E-state index contributed by atoms with van der Waals surface area (Å²) in [5.41, 5.74) is 2.62. The van der Waals surface area contributed by atoms with Gasteiger partial charge < -0.3 is 10.1 Å². The zero-order valence-corrected chi connectivity index (χ0v) is 17.3. The number of aromatic nitrogens is 2. The molecule has 0 fully saturated rings. The summed E-state index contributed by atoms with van der Waals surface area (Å²) in [5.74, 6) is -0.00839. The summed E-state index contributed by atoms with van der Waals surface area (Å²) < 4.78 is 7.37. The molecule has 2 heterocycles. The Bertz CT molecular complexity index is 1250. The van der Waals surface area contributed by atoms with Crippen LogP contribution in [0.15, 0.2) is 46.9 Å². The van der Waals surface area contributed by atoms with Gasteiger partial charge in [-0.05, 0) is 68.7 Å². The van der Waals surface area contributed by atoms with Gasteiger partial charge in [-0.2, -0.15) is 10.2 Å². The van der Waals surface area contributed by atoms with Crippen molar-refractivity contribution in [2.24, 2.45) is 0 Å². The van der Waals surface area contributed by atoms with Crippen LogP contribution in [0.2, 0.25) is 0 Å². The fraction of sp³-hybridized carbons (Fsp3) is 0.217. The van der Waals surface area contributed by atoms with Gasteiger partial charge in [0.05, 0.1) is 0 Å². The third-order valence-corrected chi connectivity index (χ3v) is 4.45. The van der Waals surface area contributed by atoms with E-state index in [0.717, 1.165) is 16.7 Å². The number of likely N-dealkylation sites (N-methyl/N-ethyl adjacent to an activating group) is 1. The standard InChI is InChI=1S/C23H22N4O3/c1-5-25-21(28)17(13-24)12-19-22(30-18-10-14(2)9-15(3)11-18)26-20-16(4)7-6-8-27(20)23(19)29/h6-12H,5H2,1-4H3,(H,25,28). The Labute approximate surface area is 174 Å². The van der Waals surface area contributed by atoms with Gasteiger partial charge in [0.1, 0.15) is 28.6 Å². The van der Waals surface area contributed by atoms with Crippen molar-refractivity contribution < 1.29 is 9.53 Å². The van der Waals surface area contributed by atoms with Crippen LogP contribution in [0.4, 0.5) is 0 Å². The summed E-state index contributed by atoms with van der Waals surface area (Å²) in [6, 6.07) is 11.1. The molecule has 0 unspecified atom stereocenters. The number of carbonyl (C=O) groups is 1. The number of hydrogen-bond donors (Lipinski definition) is 1. The van der Waals surface area contributed by atoms with Gasteiger partial charge in [0.25, 0.3) is 11.5 Å². The van der Waals surface area contributed by atoms with Gasteiger partial charge in [-0.25, -0.2) is 0 Å². The maximum atomic E-state index is 13.2. The Kier molecular flexibility index (Phi) is 5.98. The Balaban J connectivity index is 2.27. The summed E-state index contributed by atoms with van der Waals surface area (Å²) in [6.45, 7) is 7.83. The molecule has 7 nitrogen and oxygen atoms in total. The van der Waals surface area contributed by atoms with Crippen molar-refractivity contribution in [2.75, 3.05) is 6.54 Å². The van der Waals surface area contributed by atoms with Gasteiger partial charge in [0, 0.05) is 12.7 Å². The third-order valence-electron chi connectivity index (χ3n) is 4.45. The number of rotatable bonds is 5. The second-order valence-corrected chi connectivity index (χ2v) is 6.98. The number of nitriles is 1. The SMILES string of the molecule is CCNC(=O)C(C#N)=Cc1c(Oc2cc(C)cc(C)c2)nc2c(C)cccn2c1=O. The molecule has 3 aromatic rings. The van der Waals surface area contributed by atoms with Crippen LogP contribution in [0, 0.1) is 32.1 Å². The van der Waals surface area contributed by atoms with Gasteiger partial charge in [-0.3, -0.25) is 14.0 Å². The molecule has 1 N–H and O–H groups in total. The second kappa shape index (κ2) is 8.62. The molecule has 0 spiro atoms. The minimum absolute atomic E-state index is 0.0278. The zero-order valence-electron chi connectivity index (χ0n) is 17.3. The lowest BCUT2D eigenvalue weighted by Gasteiger charge is -2.12. The smallest absolute Gasteiger partial charge is 0.269 e. The van der Waals surface area contributed by atoms with E-state index in [1.807, 2.05) is 51.1 Å². The number of pyridine rings is 1. The van der Waals surface area contributed by atoms with Crippen LogP contribution >= 0.6 is 0 Å². The molecular weight excluding hydrogens is 380 g/mol. The predicted octanol–water partition coefficient (Wildman–Crippen LogP) is 3.46. The summed E-state index contributed by atoms with van der Waals surface area (Å²) in [4.78, 5) is 29.9. The fourth-order valence-electron chi connectivity index (χ4n) is 3.15. The molecule has 0 aliphatic heterocycles. The number of carbonyl (C=O) groups excluding carboxylic acids is 1. The molecule has 3 rings (SSSR count). The molecule has 1 amide bonds. The van der Waals surface area contributed by atoms with Gasteiger partial charge in [0.15, 0.2) is 0 Å². The van der Waals surface area contributed by atoms with Gasteiger partial charge >= 0.3 is 0 Å².